The minimum Gasteiger partial charge on any atom is -0.439 e. The summed E-state index contributed by atoms with van der Waals surface area (Å²) in [6, 6.07) is 7.68. The van der Waals surface area contributed by atoms with Crippen molar-refractivity contribution in [3.8, 4) is 11.6 Å². The van der Waals surface area contributed by atoms with Gasteiger partial charge in [0.15, 0.2) is 0 Å². The third-order valence-corrected chi connectivity index (χ3v) is 3.06. The highest BCUT2D eigenvalue weighted by atomic mass is 79.9. The van der Waals surface area contributed by atoms with E-state index in [1.807, 2.05) is 45.0 Å². The Kier molecular flexibility index (Phi) is 4.37. The van der Waals surface area contributed by atoms with Crippen molar-refractivity contribution in [1.29, 1.82) is 0 Å². The summed E-state index contributed by atoms with van der Waals surface area (Å²) < 4.78 is 6.81. The summed E-state index contributed by atoms with van der Waals surface area (Å²) in [4.78, 5) is 8.72. The van der Waals surface area contributed by atoms with Gasteiger partial charge in [-0.2, -0.15) is 4.98 Å². The standard InChI is InChI=1S/C14H16BrN3O/c1-4-16-13-9(2)14(18-10(3)17-13)19-12-7-5-6-11(15)8-12/h5-8H,4H2,1-3H3,(H,16,17,18). The van der Waals surface area contributed by atoms with Gasteiger partial charge >= 0.3 is 0 Å². The normalized spacial score (nSPS) is 10.3. The van der Waals surface area contributed by atoms with Crippen LogP contribution in [0.1, 0.15) is 18.3 Å². The molecule has 0 unspecified atom stereocenters. The molecule has 0 bridgehead atoms. The zero-order valence-corrected chi connectivity index (χ0v) is 12.8. The predicted octanol–water partition coefficient (Wildman–Crippen LogP) is 4.08. The lowest BCUT2D eigenvalue weighted by atomic mass is 10.3. The maximum Gasteiger partial charge on any atom is 0.227 e. The van der Waals surface area contributed by atoms with E-state index >= 15 is 0 Å². The van der Waals surface area contributed by atoms with Crippen molar-refractivity contribution >= 4 is 21.7 Å². The van der Waals surface area contributed by atoms with Gasteiger partial charge in [0.2, 0.25) is 5.88 Å². The van der Waals surface area contributed by atoms with Crippen molar-refractivity contribution in [3.05, 3.63) is 40.1 Å². The fourth-order valence-corrected chi connectivity index (χ4v) is 2.06. The summed E-state index contributed by atoms with van der Waals surface area (Å²) in [5.41, 5.74) is 0.910. The lowest BCUT2D eigenvalue weighted by Gasteiger charge is -2.12. The summed E-state index contributed by atoms with van der Waals surface area (Å²) in [6.07, 6.45) is 0. The highest BCUT2D eigenvalue weighted by Gasteiger charge is 2.10. The average molecular weight is 322 g/mol. The second-order valence-corrected chi connectivity index (χ2v) is 5.06. The molecule has 1 N–H and O–H groups in total. The Morgan fingerprint density at radius 3 is 2.74 bits per heavy atom. The minimum atomic E-state index is 0.585. The summed E-state index contributed by atoms with van der Waals surface area (Å²) in [5.74, 6) is 2.84. The molecule has 1 heterocycles. The number of hydrogen-bond acceptors (Lipinski definition) is 4. The maximum absolute atomic E-state index is 5.84. The van der Waals surface area contributed by atoms with Crippen LogP contribution in [0.25, 0.3) is 0 Å². The molecule has 1 aromatic heterocycles. The SMILES string of the molecule is CCNc1nc(C)nc(Oc2cccc(Br)c2)c1C. The Morgan fingerprint density at radius 1 is 1.26 bits per heavy atom. The highest BCUT2D eigenvalue weighted by Crippen LogP contribution is 2.28. The molecule has 19 heavy (non-hydrogen) atoms. The van der Waals surface area contributed by atoms with Crippen molar-refractivity contribution in [2.24, 2.45) is 0 Å². The molecule has 1 aromatic carbocycles. The van der Waals surface area contributed by atoms with Crippen LogP contribution in [0.3, 0.4) is 0 Å². The second kappa shape index (κ2) is 6.02. The van der Waals surface area contributed by atoms with Crippen LogP contribution < -0.4 is 10.1 Å². The van der Waals surface area contributed by atoms with Crippen molar-refractivity contribution in [2.75, 3.05) is 11.9 Å². The highest BCUT2D eigenvalue weighted by molar-refractivity contribution is 9.10. The second-order valence-electron chi connectivity index (χ2n) is 4.14. The Hall–Kier alpha value is -1.62. The molecule has 0 aliphatic carbocycles. The van der Waals surface area contributed by atoms with E-state index in [-0.39, 0.29) is 0 Å². The van der Waals surface area contributed by atoms with Crippen LogP contribution in [-0.2, 0) is 0 Å². The number of aryl methyl sites for hydroxylation is 1. The van der Waals surface area contributed by atoms with Crippen molar-refractivity contribution in [3.63, 3.8) is 0 Å². The molecular formula is C14H16BrN3O. The van der Waals surface area contributed by atoms with E-state index in [1.54, 1.807) is 0 Å². The minimum absolute atomic E-state index is 0.585. The molecule has 2 rings (SSSR count). The topological polar surface area (TPSA) is 47.0 Å². The van der Waals surface area contributed by atoms with Crippen LogP contribution in [0.15, 0.2) is 28.7 Å². The van der Waals surface area contributed by atoms with Crippen LogP contribution in [0.5, 0.6) is 11.6 Å². The van der Waals surface area contributed by atoms with Gasteiger partial charge in [0, 0.05) is 11.0 Å². The van der Waals surface area contributed by atoms with Gasteiger partial charge < -0.3 is 10.1 Å². The predicted molar refractivity (Wildman–Crippen MR) is 79.9 cm³/mol. The number of anilines is 1. The van der Waals surface area contributed by atoms with Gasteiger partial charge in [-0.1, -0.05) is 22.0 Å². The first-order valence-corrected chi connectivity index (χ1v) is 6.92. The number of nitrogens with one attached hydrogen (secondary N) is 1. The van der Waals surface area contributed by atoms with Gasteiger partial charge in [-0.3, -0.25) is 0 Å². The van der Waals surface area contributed by atoms with Crippen LogP contribution in [0.2, 0.25) is 0 Å². The molecule has 4 nitrogen and oxygen atoms in total. The van der Waals surface area contributed by atoms with Gasteiger partial charge in [-0.15, -0.1) is 0 Å². The van der Waals surface area contributed by atoms with E-state index in [9.17, 15) is 0 Å². The van der Waals surface area contributed by atoms with Gasteiger partial charge in [0.25, 0.3) is 0 Å². The Labute approximate surface area is 121 Å². The van der Waals surface area contributed by atoms with Gasteiger partial charge in [0.05, 0.1) is 5.56 Å². The fourth-order valence-electron chi connectivity index (χ4n) is 1.68. The quantitative estimate of drug-likeness (QED) is 0.921. The van der Waals surface area contributed by atoms with Crippen LogP contribution in [0.4, 0.5) is 5.82 Å². The van der Waals surface area contributed by atoms with Crippen molar-refractivity contribution in [1.82, 2.24) is 9.97 Å². The number of aromatic nitrogens is 2. The molecule has 100 valence electrons. The third kappa shape index (κ3) is 3.44. The Bertz CT molecular complexity index is 587. The zero-order chi connectivity index (χ0) is 13.8. The maximum atomic E-state index is 5.84. The number of nitrogens with zero attached hydrogens (tertiary/aromatic N) is 2. The molecule has 0 saturated heterocycles. The number of benzene rings is 1. The van der Waals surface area contributed by atoms with Crippen molar-refractivity contribution in [2.45, 2.75) is 20.8 Å². The molecule has 0 spiro atoms. The number of hydrogen-bond donors (Lipinski definition) is 1. The lowest BCUT2D eigenvalue weighted by Crippen LogP contribution is -2.06. The molecule has 5 heteroatoms. The molecule has 0 saturated carbocycles. The van der Waals surface area contributed by atoms with E-state index in [4.69, 9.17) is 4.74 Å². The van der Waals surface area contributed by atoms with E-state index in [1.165, 1.54) is 0 Å². The van der Waals surface area contributed by atoms with E-state index in [2.05, 4.69) is 31.2 Å². The lowest BCUT2D eigenvalue weighted by molar-refractivity contribution is 0.456. The fraction of sp³-hybridized carbons (Fsp3) is 0.286. The molecule has 2 aromatic rings. The smallest absolute Gasteiger partial charge is 0.227 e. The van der Waals surface area contributed by atoms with E-state index < -0.39 is 0 Å². The van der Waals surface area contributed by atoms with E-state index in [0.29, 0.717) is 11.7 Å². The first-order chi connectivity index (χ1) is 9.10. The Balaban J connectivity index is 2.34. The van der Waals surface area contributed by atoms with Crippen LogP contribution >= 0.6 is 15.9 Å². The zero-order valence-electron chi connectivity index (χ0n) is 11.2. The molecule has 0 amide bonds. The first-order valence-electron chi connectivity index (χ1n) is 6.12. The molecule has 0 atom stereocenters. The summed E-state index contributed by atoms with van der Waals surface area (Å²) >= 11 is 3.42. The number of rotatable bonds is 4. The van der Waals surface area contributed by atoms with Gasteiger partial charge in [-0.05, 0) is 39.0 Å². The number of halogens is 1. The third-order valence-electron chi connectivity index (χ3n) is 2.57. The van der Waals surface area contributed by atoms with Crippen molar-refractivity contribution < 1.29 is 4.74 Å². The molecule has 0 fully saturated rings. The van der Waals surface area contributed by atoms with Crippen LogP contribution in [-0.4, -0.2) is 16.5 Å². The first kappa shape index (κ1) is 13.8. The molecule has 0 aliphatic rings. The summed E-state index contributed by atoms with van der Waals surface area (Å²) in [5, 5.41) is 3.21. The van der Waals surface area contributed by atoms with Crippen LogP contribution in [0, 0.1) is 13.8 Å². The van der Waals surface area contributed by atoms with E-state index in [0.717, 1.165) is 28.1 Å². The summed E-state index contributed by atoms with van der Waals surface area (Å²) in [7, 11) is 0. The van der Waals surface area contributed by atoms with Gasteiger partial charge in [0.1, 0.15) is 17.4 Å². The molecular weight excluding hydrogens is 306 g/mol. The number of ether oxygens (including phenoxy) is 1. The average Bonchev–Trinajstić information content (AvgIpc) is 2.35. The Morgan fingerprint density at radius 2 is 2.05 bits per heavy atom. The molecule has 0 aliphatic heterocycles. The molecule has 0 radical (unpaired) electrons. The monoisotopic (exact) mass is 321 g/mol. The largest absolute Gasteiger partial charge is 0.439 e. The summed E-state index contributed by atoms with van der Waals surface area (Å²) in [6.45, 7) is 6.65. The van der Waals surface area contributed by atoms with Gasteiger partial charge in [-0.25, -0.2) is 4.98 Å².